The van der Waals surface area contributed by atoms with Crippen LogP contribution in [0.15, 0.2) is 51.9 Å². The summed E-state index contributed by atoms with van der Waals surface area (Å²) in [7, 11) is 0. The van der Waals surface area contributed by atoms with Crippen molar-refractivity contribution >= 4 is 51.9 Å². The number of urea groups is 1. The van der Waals surface area contributed by atoms with Crippen LogP contribution in [0.1, 0.15) is 54.0 Å². The van der Waals surface area contributed by atoms with Crippen molar-refractivity contribution in [2.24, 2.45) is 0 Å². The summed E-state index contributed by atoms with van der Waals surface area (Å²) in [4.78, 5) is 41.8. The van der Waals surface area contributed by atoms with Gasteiger partial charge in [-0.1, -0.05) is 31.9 Å². The van der Waals surface area contributed by atoms with Crippen LogP contribution in [0.2, 0.25) is 0 Å². The van der Waals surface area contributed by atoms with E-state index < -0.39 is 24.1 Å². The molecule has 0 aliphatic heterocycles. The van der Waals surface area contributed by atoms with Gasteiger partial charge in [0.2, 0.25) is 5.91 Å². The second-order valence-corrected chi connectivity index (χ2v) is 10.7. The monoisotopic (exact) mass is 519 g/mol. The van der Waals surface area contributed by atoms with Gasteiger partial charge in [0.05, 0.1) is 25.6 Å². The van der Waals surface area contributed by atoms with Crippen LogP contribution in [0.4, 0.5) is 4.79 Å². The molecule has 0 saturated heterocycles. The minimum absolute atomic E-state index is 0.143. The SMILES string of the molecule is CCCC[C@H](NC(=O)NC(CC(=O)O)c1ccsc1)C(=O)N(Cc1cccs1)Cc1cccs1. The standard InChI is InChI=1S/C24H29N3O4S3/c1-2-3-8-20(25-24(31)26-21(13-22(28)29)17-9-12-32-16-17)23(30)27(14-18-6-4-10-33-18)15-19-7-5-11-34-19/h4-7,9-12,16,20-21H,2-3,8,13-15H2,1H3,(H,28,29)(H2,25,26,31)/t20-,21?/m0/s1. The van der Waals surface area contributed by atoms with Gasteiger partial charge in [0, 0.05) is 9.75 Å². The fourth-order valence-corrected chi connectivity index (χ4v) is 5.69. The molecule has 3 aromatic rings. The first-order valence-corrected chi connectivity index (χ1v) is 13.8. The third-order valence-electron chi connectivity index (χ3n) is 5.24. The smallest absolute Gasteiger partial charge is 0.315 e. The molecule has 3 N–H and O–H groups in total. The van der Waals surface area contributed by atoms with Gasteiger partial charge in [-0.3, -0.25) is 9.59 Å². The van der Waals surface area contributed by atoms with E-state index >= 15 is 0 Å². The number of nitrogens with one attached hydrogen (secondary N) is 2. The van der Waals surface area contributed by atoms with Gasteiger partial charge < -0.3 is 20.6 Å². The molecule has 0 aliphatic rings. The highest BCUT2D eigenvalue weighted by atomic mass is 32.1. The molecule has 3 amide bonds. The van der Waals surface area contributed by atoms with Crippen molar-refractivity contribution in [1.82, 2.24) is 15.5 Å². The van der Waals surface area contributed by atoms with E-state index in [9.17, 15) is 19.5 Å². The average Bonchev–Trinajstić information content (AvgIpc) is 3.59. The lowest BCUT2D eigenvalue weighted by atomic mass is 10.1. The number of rotatable bonds is 13. The number of amides is 3. The molecule has 3 aromatic heterocycles. The third-order valence-corrected chi connectivity index (χ3v) is 7.67. The highest BCUT2D eigenvalue weighted by Gasteiger charge is 2.28. The summed E-state index contributed by atoms with van der Waals surface area (Å²) < 4.78 is 0. The first-order valence-electron chi connectivity index (χ1n) is 11.1. The van der Waals surface area contributed by atoms with Gasteiger partial charge in [0.1, 0.15) is 6.04 Å². The quantitative estimate of drug-likeness (QED) is 0.279. The highest BCUT2D eigenvalue weighted by Crippen LogP contribution is 2.21. The number of carbonyl (C=O) groups is 3. The molecule has 0 aliphatic carbocycles. The number of thiophene rings is 3. The van der Waals surface area contributed by atoms with E-state index in [0.29, 0.717) is 19.5 Å². The Morgan fingerprint density at radius 3 is 2.18 bits per heavy atom. The van der Waals surface area contributed by atoms with E-state index in [1.165, 1.54) is 11.3 Å². The maximum Gasteiger partial charge on any atom is 0.315 e. The molecule has 0 radical (unpaired) electrons. The predicted molar refractivity (Wildman–Crippen MR) is 137 cm³/mol. The first-order chi connectivity index (χ1) is 16.5. The van der Waals surface area contributed by atoms with Crippen LogP contribution in [0.25, 0.3) is 0 Å². The summed E-state index contributed by atoms with van der Waals surface area (Å²) in [5.41, 5.74) is 0.732. The molecular formula is C24H29N3O4S3. The zero-order chi connectivity index (χ0) is 24.3. The Morgan fingerprint density at radius 2 is 1.68 bits per heavy atom. The van der Waals surface area contributed by atoms with Crippen molar-refractivity contribution in [3.05, 3.63) is 67.2 Å². The largest absolute Gasteiger partial charge is 0.481 e. The van der Waals surface area contributed by atoms with E-state index in [1.807, 2.05) is 52.7 Å². The molecular weight excluding hydrogens is 490 g/mol. The Balaban J connectivity index is 1.73. The lowest BCUT2D eigenvalue weighted by molar-refractivity contribution is -0.137. The maximum absolute atomic E-state index is 13.6. The van der Waals surface area contributed by atoms with E-state index in [1.54, 1.807) is 33.6 Å². The molecule has 0 saturated carbocycles. The van der Waals surface area contributed by atoms with Crippen molar-refractivity contribution in [1.29, 1.82) is 0 Å². The number of nitrogens with zero attached hydrogens (tertiary/aromatic N) is 1. The number of hydrogen-bond acceptors (Lipinski definition) is 6. The van der Waals surface area contributed by atoms with E-state index in [0.717, 1.165) is 28.2 Å². The van der Waals surface area contributed by atoms with Gasteiger partial charge >= 0.3 is 12.0 Å². The van der Waals surface area contributed by atoms with Gasteiger partial charge in [0.25, 0.3) is 0 Å². The molecule has 0 fully saturated rings. The Hall–Kier alpha value is -2.69. The average molecular weight is 520 g/mol. The van der Waals surface area contributed by atoms with E-state index in [-0.39, 0.29) is 12.3 Å². The molecule has 10 heteroatoms. The predicted octanol–water partition coefficient (Wildman–Crippen LogP) is 5.47. The summed E-state index contributed by atoms with van der Waals surface area (Å²) in [6.07, 6.45) is 1.95. The summed E-state index contributed by atoms with van der Waals surface area (Å²) in [5, 5.41) is 22.5. The fourth-order valence-electron chi connectivity index (χ4n) is 3.54. The zero-order valence-electron chi connectivity index (χ0n) is 18.9. The Morgan fingerprint density at radius 1 is 1.00 bits per heavy atom. The molecule has 182 valence electrons. The summed E-state index contributed by atoms with van der Waals surface area (Å²) in [6, 6.07) is 7.80. The molecule has 2 atom stereocenters. The van der Waals surface area contributed by atoms with Crippen molar-refractivity contribution < 1.29 is 19.5 Å². The van der Waals surface area contributed by atoms with Gasteiger partial charge in [-0.25, -0.2) is 4.79 Å². The maximum atomic E-state index is 13.6. The van der Waals surface area contributed by atoms with Crippen LogP contribution in [0.3, 0.4) is 0 Å². The molecule has 1 unspecified atom stereocenters. The number of hydrogen-bond donors (Lipinski definition) is 3. The summed E-state index contributed by atoms with van der Waals surface area (Å²) in [6.45, 7) is 2.98. The first kappa shape index (κ1) is 25.9. The fraction of sp³-hybridized carbons (Fsp3) is 0.375. The normalized spacial score (nSPS) is 12.6. The number of carboxylic acids is 1. The Labute approximate surface area is 211 Å². The minimum Gasteiger partial charge on any atom is -0.481 e. The number of carboxylic acid groups (broad SMARTS) is 1. The molecule has 3 heterocycles. The third kappa shape index (κ3) is 7.96. The number of aliphatic carboxylic acids is 1. The summed E-state index contributed by atoms with van der Waals surface area (Å²) in [5.74, 6) is -1.15. The van der Waals surface area contributed by atoms with Crippen molar-refractivity contribution in [2.45, 2.75) is 57.8 Å². The second-order valence-electron chi connectivity index (χ2n) is 7.87. The van der Waals surface area contributed by atoms with Crippen molar-refractivity contribution in [2.75, 3.05) is 0 Å². The van der Waals surface area contributed by atoms with Crippen LogP contribution < -0.4 is 10.6 Å². The van der Waals surface area contributed by atoms with Crippen LogP contribution >= 0.6 is 34.0 Å². The topological polar surface area (TPSA) is 98.7 Å². The lowest BCUT2D eigenvalue weighted by Crippen LogP contribution is -2.51. The Kier molecular flexibility index (Phi) is 10.1. The van der Waals surface area contributed by atoms with E-state index in [4.69, 9.17) is 0 Å². The molecule has 0 spiro atoms. The van der Waals surface area contributed by atoms with Gasteiger partial charge in [-0.2, -0.15) is 11.3 Å². The summed E-state index contributed by atoms with van der Waals surface area (Å²) >= 11 is 4.62. The van der Waals surface area contributed by atoms with Crippen LogP contribution in [-0.4, -0.2) is 34.0 Å². The Bertz CT molecular complexity index is 984. The minimum atomic E-state index is -1.01. The van der Waals surface area contributed by atoms with Gasteiger partial charge in [-0.15, -0.1) is 22.7 Å². The zero-order valence-corrected chi connectivity index (χ0v) is 21.4. The van der Waals surface area contributed by atoms with Crippen LogP contribution in [-0.2, 0) is 22.7 Å². The number of unbranched alkanes of at least 4 members (excludes halogenated alkanes) is 1. The van der Waals surface area contributed by atoms with Crippen LogP contribution in [0.5, 0.6) is 0 Å². The molecule has 34 heavy (non-hydrogen) atoms. The van der Waals surface area contributed by atoms with Gasteiger partial charge in [0.15, 0.2) is 0 Å². The van der Waals surface area contributed by atoms with E-state index in [2.05, 4.69) is 10.6 Å². The van der Waals surface area contributed by atoms with Crippen LogP contribution in [0, 0.1) is 0 Å². The number of carbonyl (C=O) groups excluding carboxylic acids is 2. The van der Waals surface area contributed by atoms with Crippen molar-refractivity contribution in [3.8, 4) is 0 Å². The molecule has 7 nitrogen and oxygen atoms in total. The highest BCUT2D eigenvalue weighted by molar-refractivity contribution is 7.10. The second kappa shape index (κ2) is 13.3. The molecule has 0 bridgehead atoms. The van der Waals surface area contributed by atoms with Gasteiger partial charge in [-0.05, 0) is 51.7 Å². The molecule has 0 aromatic carbocycles. The molecule has 3 rings (SSSR count). The van der Waals surface area contributed by atoms with Crippen molar-refractivity contribution in [3.63, 3.8) is 0 Å². The lowest BCUT2D eigenvalue weighted by Gasteiger charge is -2.28.